The largest absolute Gasteiger partial charge is 0.490 e. The number of amides is 1. The number of thiocarbonyl (C=S) groups is 1. The first kappa shape index (κ1) is 21.9. The van der Waals surface area contributed by atoms with E-state index >= 15 is 0 Å². The quantitative estimate of drug-likeness (QED) is 0.307. The van der Waals surface area contributed by atoms with Crippen LogP contribution in [0.3, 0.4) is 0 Å². The lowest BCUT2D eigenvalue weighted by molar-refractivity contribution is -0.113. The van der Waals surface area contributed by atoms with E-state index in [1.165, 1.54) is 21.3 Å². The topological polar surface area (TPSA) is 56.5 Å². The van der Waals surface area contributed by atoms with Crippen molar-refractivity contribution in [2.75, 3.05) is 11.5 Å². The Hall–Kier alpha value is -3.36. The summed E-state index contributed by atoms with van der Waals surface area (Å²) in [6.07, 6.45) is 3.45. The van der Waals surface area contributed by atoms with Crippen molar-refractivity contribution in [3.05, 3.63) is 93.8 Å². The molecule has 0 aliphatic carbocycles. The number of thioether (sulfide) groups is 1. The van der Waals surface area contributed by atoms with E-state index in [9.17, 15) is 9.59 Å². The van der Waals surface area contributed by atoms with E-state index < -0.39 is 0 Å². The molecule has 1 aromatic heterocycles. The minimum absolute atomic E-state index is 0.274. The van der Waals surface area contributed by atoms with Crippen LogP contribution in [0.4, 0.5) is 5.69 Å². The standard InChI is InChI=1S/C24H21N3O3S2/c1-4-14-30-19-12-10-17(11-13-19)15-20-22(28)26(24(31)32-20)21-16(2)25(3)27(23(21)29)18-8-6-5-7-9-18/h4-13,15H,1,14H2,2-3H3/b20-15+. The maximum Gasteiger partial charge on any atom is 0.296 e. The number of rotatable bonds is 6. The highest BCUT2D eigenvalue weighted by Gasteiger charge is 2.37. The first-order valence-corrected chi connectivity index (χ1v) is 11.1. The average molecular weight is 464 g/mol. The lowest BCUT2D eigenvalue weighted by Gasteiger charge is -2.12. The number of hydrogen-bond acceptors (Lipinski definition) is 5. The Labute approximate surface area is 195 Å². The molecule has 4 rings (SSSR count). The molecular formula is C24H21N3O3S2. The van der Waals surface area contributed by atoms with Gasteiger partial charge in [-0.1, -0.05) is 67.0 Å². The molecule has 1 aliphatic rings. The number of benzene rings is 2. The second-order valence-corrected chi connectivity index (χ2v) is 8.77. The number of nitrogens with zero attached hydrogens (tertiary/aromatic N) is 3. The van der Waals surface area contributed by atoms with E-state index in [4.69, 9.17) is 17.0 Å². The zero-order valence-electron chi connectivity index (χ0n) is 17.6. The predicted octanol–water partition coefficient (Wildman–Crippen LogP) is 4.46. The molecule has 162 valence electrons. The van der Waals surface area contributed by atoms with Gasteiger partial charge in [0, 0.05) is 7.05 Å². The van der Waals surface area contributed by atoms with Crippen LogP contribution in [-0.2, 0) is 11.8 Å². The van der Waals surface area contributed by atoms with Crippen LogP contribution < -0.4 is 15.2 Å². The summed E-state index contributed by atoms with van der Waals surface area (Å²) < 4.78 is 9.09. The highest BCUT2D eigenvalue weighted by atomic mass is 32.2. The Kier molecular flexibility index (Phi) is 6.16. The number of aromatic nitrogens is 2. The van der Waals surface area contributed by atoms with Crippen LogP contribution in [0.2, 0.25) is 0 Å². The Bertz CT molecular complexity index is 1290. The van der Waals surface area contributed by atoms with E-state index in [0.717, 1.165) is 11.3 Å². The fourth-order valence-corrected chi connectivity index (χ4v) is 4.71. The molecule has 1 amide bonds. The van der Waals surface area contributed by atoms with Crippen molar-refractivity contribution in [2.24, 2.45) is 7.05 Å². The third-order valence-electron chi connectivity index (χ3n) is 5.09. The maximum absolute atomic E-state index is 13.3. The first-order chi connectivity index (χ1) is 15.4. The zero-order chi connectivity index (χ0) is 22.8. The Balaban J connectivity index is 1.68. The lowest BCUT2D eigenvalue weighted by Crippen LogP contribution is -2.33. The number of carbonyl (C=O) groups excluding carboxylic acids is 1. The van der Waals surface area contributed by atoms with E-state index in [-0.39, 0.29) is 17.2 Å². The minimum atomic E-state index is -0.307. The van der Waals surface area contributed by atoms with Gasteiger partial charge in [-0.3, -0.25) is 19.2 Å². The van der Waals surface area contributed by atoms with Crippen molar-refractivity contribution in [1.29, 1.82) is 0 Å². The van der Waals surface area contributed by atoms with Crippen molar-refractivity contribution >= 4 is 46.0 Å². The molecule has 0 spiro atoms. The van der Waals surface area contributed by atoms with Gasteiger partial charge in [-0.05, 0) is 42.8 Å². The molecule has 6 nitrogen and oxygen atoms in total. The van der Waals surface area contributed by atoms with E-state index in [0.29, 0.717) is 27.2 Å². The summed E-state index contributed by atoms with van der Waals surface area (Å²) in [5.41, 5.74) is 2.19. The van der Waals surface area contributed by atoms with Gasteiger partial charge in [0.05, 0.1) is 16.3 Å². The smallest absolute Gasteiger partial charge is 0.296 e. The third-order valence-corrected chi connectivity index (χ3v) is 6.39. The van der Waals surface area contributed by atoms with E-state index in [2.05, 4.69) is 6.58 Å². The number of ether oxygens (including phenoxy) is 1. The summed E-state index contributed by atoms with van der Waals surface area (Å²) in [6, 6.07) is 16.7. The molecule has 1 fully saturated rings. The second kappa shape index (κ2) is 9.02. The number of para-hydroxylation sites is 1. The molecule has 32 heavy (non-hydrogen) atoms. The summed E-state index contributed by atoms with van der Waals surface area (Å²) in [4.78, 5) is 28.4. The summed E-state index contributed by atoms with van der Waals surface area (Å²) in [7, 11) is 1.79. The van der Waals surface area contributed by atoms with Gasteiger partial charge < -0.3 is 4.74 Å². The fraction of sp³-hybridized carbons (Fsp3) is 0.125. The van der Waals surface area contributed by atoms with Crippen molar-refractivity contribution in [1.82, 2.24) is 9.36 Å². The van der Waals surface area contributed by atoms with Crippen LogP contribution in [0.5, 0.6) is 5.75 Å². The average Bonchev–Trinajstić information content (AvgIpc) is 3.19. The third kappa shape index (κ3) is 3.94. The van der Waals surface area contributed by atoms with Crippen LogP contribution >= 0.6 is 24.0 Å². The van der Waals surface area contributed by atoms with Crippen LogP contribution in [0, 0.1) is 6.92 Å². The molecule has 0 saturated carbocycles. The summed E-state index contributed by atoms with van der Waals surface area (Å²) >= 11 is 6.68. The molecule has 3 aromatic rings. The van der Waals surface area contributed by atoms with Crippen molar-refractivity contribution in [3.8, 4) is 11.4 Å². The van der Waals surface area contributed by atoms with Gasteiger partial charge in [-0.15, -0.1) is 0 Å². The Morgan fingerprint density at radius 3 is 2.44 bits per heavy atom. The van der Waals surface area contributed by atoms with Gasteiger partial charge in [0.15, 0.2) is 4.32 Å². The predicted molar refractivity (Wildman–Crippen MR) is 134 cm³/mol. The van der Waals surface area contributed by atoms with E-state index in [1.807, 2.05) is 54.6 Å². The molecule has 1 aliphatic heterocycles. The fourth-order valence-electron chi connectivity index (χ4n) is 3.44. The molecule has 0 atom stereocenters. The van der Waals surface area contributed by atoms with Gasteiger partial charge in [0.1, 0.15) is 18.0 Å². The number of carbonyl (C=O) groups is 1. The second-order valence-electron chi connectivity index (χ2n) is 7.10. The van der Waals surface area contributed by atoms with Gasteiger partial charge >= 0.3 is 0 Å². The zero-order valence-corrected chi connectivity index (χ0v) is 19.3. The molecular weight excluding hydrogens is 442 g/mol. The van der Waals surface area contributed by atoms with Crippen molar-refractivity contribution in [2.45, 2.75) is 6.92 Å². The monoisotopic (exact) mass is 463 g/mol. The lowest BCUT2D eigenvalue weighted by atomic mass is 10.2. The van der Waals surface area contributed by atoms with Gasteiger partial charge in [-0.2, -0.15) is 0 Å². The molecule has 0 bridgehead atoms. The molecule has 2 aromatic carbocycles. The molecule has 0 N–H and O–H groups in total. The van der Waals surface area contributed by atoms with Gasteiger partial charge in [0.25, 0.3) is 11.5 Å². The van der Waals surface area contributed by atoms with Crippen LogP contribution in [-0.4, -0.2) is 26.2 Å². The maximum atomic E-state index is 13.3. The number of hydrogen-bond donors (Lipinski definition) is 0. The molecule has 1 saturated heterocycles. The molecule has 8 heteroatoms. The van der Waals surface area contributed by atoms with Crippen molar-refractivity contribution < 1.29 is 9.53 Å². The Morgan fingerprint density at radius 2 is 1.78 bits per heavy atom. The molecule has 2 heterocycles. The highest BCUT2D eigenvalue weighted by molar-refractivity contribution is 8.27. The minimum Gasteiger partial charge on any atom is -0.490 e. The molecule has 0 unspecified atom stereocenters. The van der Waals surface area contributed by atoms with E-state index in [1.54, 1.807) is 30.8 Å². The van der Waals surface area contributed by atoms with Crippen molar-refractivity contribution in [3.63, 3.8) is 0 Å². The summed E-state index contributed by atoms with van der Waals surface area (Å²) in [6.45, 7) is 5.86. The van der Waals surface area contributed by atoms with Crippen LogP contribution in [0.1, 0.15) is 11.3 Å². The van der Waals surface area contributed by atoms with Crippen LogP contribution in [0.25, 0.3) is 11.8 Å². The normalized spacial score (nSPS) is 14.9. The first-order valence-electron chi connectivity index (χ1n) is 9.88. The summed E-state index contributed by atoms with van der Waals surface area (Å²) in [5, 5.41) is 0. The SMILES string of the molecule is C=CCOc1ccc(/C=C2/SC(=S)N(c3c(C)n(C)n(-c4ccccc4)c3=O)C2=O)cc1. The molecule has 0 radical (unpaired) electrons. The van der Waals surface area contributed by atoms with Crippen LogP contribution in [0.15, 0.2) is 77.0 Å². The Morgan fingerprint density at radius 1 is 1.09 bits per heavy atom. The van der Waals surface area contributed by atoms with Gasteiger partial charge in [0.2, 0.25) is 0 Å². The highest BCUT2D eigenvalue weighted by Crippen LogP contribution is 2.36. The van der Waals surface area contributed by atoms with Gasteiger partial charge in [-0.25, -0.2) is 4.68 Å². The summed E-state index contributed by atoms with van der Waals surface area (Å²) in [5.74, 6) is 0.411. The number of anilines is 1.